The maximum atomic E-state index is 12.1. The molecule has 0 fully saturated rings. The van der Waals surface area contributed by atoms with Gasteiger partial charge in [-0.05, 0) is 38.2 Å². The van der Waals surface area contributed by atoms with E-state index < -0.39 is 5.60 Å². The predicted molar refractivity (Wildman–Crippen MR) is 96.1 cm³/mol. The first-order valence-corrected chi connectivity index (χ1v) is 9.38. The van der Waals surface area contributed by atoms with Crippen molar-refractivity contribution in [3.05, 3.63) is 51.5 Å². The number of hydrogen-bond donors (Lipinski definition) is 2. The fraction of sp³-hybridized carbons (Fsp3) is 0.474. The summed E-state index contributed by atoms with van der Waals surface area (Å²) in [5.74, 6) is -0.134. The van der Waals surface area contributed by atoms with Crippen LogP contribution in [0.1, 0.15) is 47.3 Å². The molecule has 1 unspecified atom stereocenters. The van der Waals surface area contributed by atoms with Gasteiger partial charge < -0.3 is 10.4 Å². The molecule has 1 aromatic carbocycles. The molecule has 24 heavy (non-hydrogen) atoms. The number of carbonyl (C=O) groups is 1. The molecule has 1 aliphatic rings. The normalized spacial score (nSPS) is 16.2. The average Bonchev–Trinajstić information content (AvgIpc) is 2.98. The highest BCUT2D eigenvalue weighted by molar-refractivity contribution is 7.11. The Kier molecular flexibility index (Phi) is 5.31. The number of hydrogen-bond acceptors (Lipinski definition) is 4. The van der Waals surface area contributed by atoms with Gasteiger partial charge in [-0.15, -0.1) is 11.3 Å². The molecule has 128 valence electrons. The highest BCUT2D eigenvalue weighted by Crippen LogP contribution is 2.27. The molecule has 0 aliphatic heterocycles. The minimum absolute atomic E-state index is 0.0609. The summed E-state index contributed by atoms with van der Waals surface area (Å²) in [7, 11) is 0. The number of carbonyl (C=O) groups excluding carboxylic acids is 1. The number of nitrogens with one attached hydrogen (secondary N) is 1. The fourth-order valence-electron chi connectivity index (χ4n) is 3.10. The Labute approximate surface area is 146 Å². The fourth-order valence-corrected chi connectivity index (χ4v) is 4.25. The summed E-state index contributed by atoms with van der Waals surface area (Å²) < 4.78 is 0. The van der Waals surface area contributed by atoms with Crippen LogP contribution in [0.2, 0.25) is 0 Å². The lowest BCUT2D eigenvalue weighted by atomic mass is 9.92. The van der Waals surface area contributed by atoms with Crippen LogP contribution in [0.5, 0.6) is 0 Å². The number of aryl methyl sites for hydroxylation is 2. The molecule has 1 amide bonds. The molecule has 0 saturated carbocycles. The van der Waals surface area contributed by atoms with Crippen LogP contribution in [0.3, 0.4) is 0 Å². The Hall–Kier alpha value is -1.72. The maximum absolute atomic E-state index is 12.1. The van der Waals surface area contributed by atoms with Gasteiger partial charge in [0.25, 0.3) is 0 Å². The summed E-state index contributed by atoms with van der Waals surface area (Å²) in [6, 6.07) is 9.31. The Bertz CT molecular complexity index is 671. The van der Waals surface area contributed by atoms with E-state index in [0.717, 1.165) is 29.8 Å². The molecule has 0 radical (unpaired) electrons. The van der Waals surface area contributed by atoms with Gasteiger partial charge in [-0.3, -0.25) is 4.79 Å². The van der Waals surface area contributed by atoms with Crippen LogP contribution in [0, 0.1) is 0 Å². The third-order valence-corrected chi connectivity index (χ3v) is 5.67. The van der Waals surface area contributed by atoms with Crippen molar-refractivity contribution < 1.29 is 9.90 Å². The summed E-state index contributed by atoms with van der Waals surface area (Å²) >= 11 is 1.79. The van der Waals surface area contributed by atoms with Crippen molar-refractivity contribution in [2.45, 2.75) is 51.0 Å². The van der Waals surface area contributed by atoms with Gasteiger partial charge in [-0.2, -0.15) is 0 Å². The van der Waals surface area contributed by atoms with E-state index in [-0.39, 0.29) is 12.3 Å². The Morgan fingerprint density at radius 1 is 1.29 bits per heavy atom. The van der Waals surface area contributed by atoms with Crippen LogP contribution in [0.4, 0.5) is 0 Å². The van der Waals surface area contributed by atoms with Crippen LogP contribution >= 0.6 is 11.3 Å². The van der Waals surface area contributed by atoms with Crippen molar-refractivity contribution in [1.82, 2.24) is 10.3 Å². The van der Waals surface area contributed by atoms with E-state index in [2.05, 4.69) is 10.3 Å². The zero-order chi connectivity index (χ0) is 17.0. The molecule has 0 bridgehead atoms. The molecule has 0 spiro atoms. The summed E-state index contributed by atoms with van der Waals surface area (Å²) in [5.41, 5.74) is 0.873. The number of nitrogens with zero attached hydrogens (tertiary/aromatic N) is 1. The third-order valence-electron chi connectivity index (χ3n) is 4.45. The van der Waals surface area contributed by atoms with Gasteiger partial charge in [0.15, 0.2) is 0 Å². The maximum Gasteiger partial charge on any atom is 0.223 e. The molecule has 2 aromatic rings. The van der Waals surface area contributed by atoms with E-state index in [1.807, 2.05) is 30.3 Å². The minimum Gasteiger partial charge on any atom is -0.385 e. The molecule has 1 aromatic heterocycles. The second-order valence-corrected chi connectivity index (χ2v) is 7.77. The van der Waals surface area contributed by atoms with E-state index in [4.69, 9.17) is 0 Å². The second kappa shape index (κ2) is 7.45. The van der Waals surface area contributed by atoms with Crippen LogP contribution in [0.25, 0.3) is 0 Å². The van der Waals surface area contributed by atoms with Gasteiger partial charge in [0.1, 0.15) is 0 Å². The van der Waals surface area contributed by atoms with Gasteiger partial charge in [-0.1, -0.05) is 30.3 Å². The van der Waals surface area contributed by atoms with E-state index in [1.165, 1.54) is 23.4 Å². The van der Waals surface area contributed by atoms with E-state index in [1.54, 1.807) is 18.3 Å². The first-order valence-electron chi connectivity index (χ1n) is 8.57. The number of aromatic nitrogens is 1. The van der Waals surface area contributed by atoms with Crippen LogP contribution < -0.4 is 5.32 Å². The number of aliphatic hydroxyl groups is 1. The van der Waals surface area contributed by atoms with Gasteiger partial charge in [0, 0.05) is 17.8 Å². The molecular weight excluding hydrogens is 320 g/mol. The SMILES string of the molecule is CC(O)(CC(=O)NCCc1nc2c(s1)CCCC2)c1ccccc1. The Morgan fingerprint density at radius 3 is 2.79 bits per heavy atom. The zero-order valence-corrected chi connectivity index (χ0v) is 14.9. The number of rotatable bonds is 6. The zero-order valence-electron chi connectivity index (χ0n) is 14.0. The van der Waals surface area contributed by atoms with Gasteiger partial charge in [-0.25, -0.2) is 4.98 Å². The van der Waals surface area contributed by atoms with Crippen molar-refractivity contribution in [1.29, 1.82) is 0 Å². The van der Waals surface area contributed by atoms with E-state index in [9.17, 15) is 9.90 Å². The lowest BCUT2D eigenvalue weighted by molar-refractivity contribution is -0.125. The minimum atomic E-state index is -1.15. The molecule has 1 heterocycles. The molecular formula is C19H24N2O2S. The van der Waals surface area contributed by atoms with Crippen molar-refractivity contribution in [3.63, 3.8) is 0 Å². The summed E-state index contributed by atoms with van der Waals surface area (Å²) in [6.07, 6.45) is 5.57. The molecule has 3 rings (SSSR count). The second-order valence-electron chi connectivity index (χ2n) is 6.60. The lowest BCUT2D eigenvalue weighted by Gasteiger charge is -2.23. The first kappa shape index (κ1) is 17.1. The number of benzene rings is 1. The largest absolute Gasteiger partial charge is 0.385 e. The quantitative estimate of drug-likeness (QED) is 0.847. The van der Waals surface area contributed by atoms with Crippen LogP contribution in [0.15, 0.2) is 30.3 Å². The molecule has 1 aliphatic carbocycles. The molecule has 1 atom stereocenters. The molecule has 4 nitrogen and oxygen atoms in total. The van der Waals surface area contributed by atoms with E-state index in [0.29, 0.717) is 6.54 Å². The third kappa shape index (κ3) is 4.22. The molecule has 0 saturated heterocycles. The molecule has 2 N–H and O–H groups in total. The van der Waals surface area contributed by atoms with Crippen molar-refractivity contribution >= 4 is 17.2 Å². The van der Waals surface area contributed by atoms with Crippen LogP contribution in [-0.2, 0) is 29.7 Å². The summed E-state index contributed by atoms with van der Waals surface area (Å²) in [4.78, 5) is 18.2. The first-order chi connectivity index (χ1) is 11.5. The monoisotopic (exact) mass is 344 g/mol. The summed E-state index contributed by atoms with van der Waals surface area (Å²) in [6.45, 7) is 2.24. The standard InChI is InChI=1S/C19H24N2O2S/c1-19(23,14-7-3-2-4-8-14)13-17(22)20-12-11-18-21-15-9-5-6-10-16(15)24-18/h2-4,7-8,23H,5-6,9-13H2,1H3,(H,20,22). The number of fused-ring (bicyclic) bond motifs is 1. The summed E-state index contributed by atoms with van der Waals surface area (Å²) in [5, 5.41) is 14.5. The van der Waals surface area contributed by atoms with Crippen LogP contribution in [-0.4, -0.2) is 22.5 Å². The topological polar surface area (TPSA) is 62.2 Å². The lowest BCUT2D eigenvalue weighted by Crippen LogP contribution is -2.33. The van der Waals surface area contributed by atoms with Crippen molar-refractivity contribution in [3.8, 4) is 0 Å². The highest BCUT2D eigenvalue weighted by atomic mass is 32.1. The average molecular weight is 344 g/mol. The van der Waals surface area contributed by atoms with Crippen molar-refractivity contribution in [2.24, 2.45) is 0 Å². The predicted octanol–water partition coefficient (Wildman–Crippen LogP) is 2.98. The number of thiazole rings is 1. The van der Waals surface area contributed by atoms with E-state index >= 15 is 0 Å². The number of amides is 1. The van der Waals surface area contributed by atoms with Gasteiger partial charge in [0.05, 0.1) is 22.7 Å². The highest BCUT2D eigenvalue weighted by Gasteiger charge is 2.26. The smallest absolute Gasteiger partial charge is 0.223 e. The molecule has 5 heteroatoms. The van der Waals surface area contributed by atoms with Crippen molar-refractivity contribution in [2.75, 3.05) is 6.54 Å². The van der Waals surface area contributed by atoms with Gasteiger partial charge >= 0.3 is 0 Å². The Balaban J connectivity index is 1.48. The van der Waals surface area contributed by atoms with Gasteiger partial charge in [0.2, 0.25) is 5.91 Å². The Morgan fingerprint density at radius 2 is 2.04 bits per heavy atom.